The average molecular weight is 264 g/mol. The predicted octanol–water partition coefficient (Wildman–Crippen LogP) is 3.15. The van der Waals surface area contributed by atoms with Crippen LogP contribution in [0, 0.1) is 5.41 Å². The number of fused-ring (bicyclic) bond motifs is 1. The molecule has 104 valence electrons. The van der Waals surface area contributed by atoms with Crippen LogP contribution in [0.3, 0.4) is 0 Å². The van der Waals surface area contributed by atoms with Gasteiger partial charge >= 0.3 is 5.97 Å². The van der Waals surface area contributed by atoms with E-state index in [4.69, 9.17) is 14.2 Å². The van der Waals surface area contributed by atoms with Crippen molar-refractivity contribution >= 4 is 5.97 Å². The molecule has 1 aromatic carbocycles. The lowest BCUT2D eigenvalue weighted by Gasteiger charge is -2.38. The van der Waals surface area contributed by atoms with Crippen LogP contribution in [0.15, 0.2) is 24.3 Å². The lowest BCUT2D eigenvalue weighted by Crippen LogP contribution is -2.52. The lowest BCUT2D eigenvalue weighted by atomic mass is 9.83. The number of esters is 1. The summed E-state index contributed by atoms with van der Waals surface area (Å²) in [6, 6.07) is 7.44. The minimum absolute atomic E-state index is 0.0685. The van der Waals surface area contributed by atoms with Gasteiger partial charge in [0.25, 0.3) is 5.79 Å². The van der Waals surface area contributed by atoms with Gasteiger partial charge in [-0.1, -0.05) is 32.9 Å². The molecule has 0 amide bonds. The van der Waals surface area contributed by atoms with Crippen molar-refractivity contribution in [3.8, 4) is 11.5 Å². The zero-order chi connectivity index (χ0) is 14.1. The molecule has 1 aliphatic heterocycles. The quantitative estimate of drug-likeness (QED) is 0.787. The van der Waals surface area contributed by atoms with Gasteiger partial charge in [0.1, 0.15) is 6.42 Å². The smallest absolute Gasteiger partial charge is 0.313 e. The van der Waals surface area contributed by atoms with E-state index >= 15 is 0 Å². The Morgan fingerprint density at radius 2 is 1.74 bits per heavy atom. The van der Waals surface area contributed by atoms with E-state index in [-0.39, 0.29) is 17.8 Å². The number of benzene rings is 1. The Kier molecular flexibility index (Phi) is 3.43. The zero-order valence-corrected chi connectivity index (χ0v) is 11.9. The Morgan fingerprint density at radius 3 is 2.16 bits per heavy atom. The number of carbonyl (C=O) groups is 1. The van der Waals surface area contributed by atoms with Crippen molar-refractivity contribution in [1.29, 1.82) is 0 Å². The fourth-order valence-corrected chi connectivity index (χ4v) is 2.04. The summed E-state index contributed by atoms with van der Waals surface area (Å²) in [7, 11) is 0. The van der Waals surface area contributed by atoms with E-state index in [9.17, 15) is 4.79 Å². The highest BCUT2D eigenvalue weighted by molar-refractivity contribution is 5.71. The molecule has 0 bridgehead atoms. The number of rotatable bonds is 3. The van der Waals surface area contributed by atoms with E-state index in [1.165, 1.54) is 0 Å². The van der Waals surface area contributed by atoms with E-state index in [0.29, 0.717) is 18.1 Å². The van der Waals surface area contributed by atoms with Crippen LogP contribution in [0.5, 0.6) is 11.5 Å². The molecule has 1 aromatic rings. The van der Waals surface area contributed by atoms with E-state index in [1.54, 1.807) is 6.92 Å². The van der Waals surface area contributed by atoms with Crippen molar-refractivity contribution in [2.24, 2.45) is 5.41 Å². The van der Waals surface area contributed by atoms with Crippen LogP contribution in [-0.2, 0) is 9.53 Å². The summed E-state index contributed by atoms with van der Waals surface area (Å²) in [4.78, 5) is 11.8. The van der Waals surface area contributed by atoms with Crippen LogP contribution >= 0.6 is 0 Å². The summed E-state index contributed by atoms with van der Waals surface area (Å²) in [6.07, 6.45) is 0.0685. The lowest BCUT2D eigenvalue weighted by molar-refractivity contribution is -0.183. The summed E-state index contributed by atoms with van der Waals surface area (Å²) in [5.41, 5.74) is -0.362. The molecule has 0 fully saturated rings. The molecule has 0 unspecified atom stereocenters. The highest BCUT2D eigenvalue weighted by Gasteiger charge is 2.53. The van der Waals surface area contributed by atoms with Crippen molar-refractivity contribution < 1.29 is 19.0 Å². The number of hydrogen-bond acceptors (Lipinski definition) is 4. The second-order valence-electron chi connectivity index (χ2n) is 5.64. The monoisotopic (exact) mass is 264 g/mol. The first-order valence-corrected chi connectivity index (χ1v) is 6.50. The fourth-order valence-electron chi connectivity index (χ4n) is 2.04. The maximum absolute atomic E-state index is 11.8. The van der Waals surface area contributed by atoms with E-state index < -0.39 is 5.79 Å². The van der Waals surface area contributed by atoms with Gasteiger partial charge in [-0.15, -0.1) is 0 Å². The van der Waals surface area contributed by atoms with Gasteiger partial charge in [0.2, 0.25) is 0 Å². The van der Waals surface area contributed by atoms with Gasteiger partial charge in [-0.05, 0) is 19.1 Å². The van der Waals surface area contributed by atoms with Crippen LogP contribution in [-0.4, -0.2) is 18.4 Å². The maximum Gasteiger partial charge on any atom is 0.313 e. The third kappa shape index (κ3) is 2.53. The van der Waals surface area contributed by atoms with Crippen molar-refractivity contribution in [2.75, 3.05) is 6.61 Å². The molecule has 4 heteroatoms. The Balaban J connectivity index is 2.28. The van der Waals surface area contributed by atoms with Crippen molar-refractivity contribution in [2.45, 2.75) is 39.9 Å². The number of ether oxygens (including phenoxy) is 3. The zero-order valence-electron chi connectivity index (χ0n) is 11.9. The first-order chi connectivity index (χ1) is 8.88. The van der Waals surface area contributed by atoms with Gasteiger partial charge in [-0.3, -0.25) is 4.79 Å². The van der Waals surface area contributed by atoms with Crippen LogP contribution in [0.2, 0.25) is 0 Å². The van der Waals surface area contributed by atoms with Crippen LogP contribution in [0.25, 0.3) is 0 Å². The van der Waals surface area contributed by atoms with Gasteiger partial charge in [0.15, 0.2) is 11.5 Å². The Hall–Kier alpha value is -1.71. The predicted molar refractivity (Wildman–Crippen MR) is 71.1 cm³/mol. The SMILES string of the molecule is CCOC(=O)CC1(C(C)(C)C)Oc2ccccc2O1. The second kappa shape index (κ2) is 4.76. The van der Waals surface area contributed by atoms with Gasteiger partial charge < -0.3 is 14.2 Å². The largest absolute Gasteiger partial charge is 0.466 e. The molecule has 1 aliphatic rings. The van der Waals surface area contributed by atoms with E-state index in [1.807, 2.05) is 45.0 Å². The molecule has 0 spiro atoms. The first kappa shape index (κ1) is 13.7. The van der Waals surface area contributed by atoms with Gasteiger partial charge in [-0.2, -0.15) is 0 Å². The summed E-state index contributed by atoms with van der Waals surface area (Å²) in [6.45, 7) is 8.09. The third-order valence-corrected chi connectivity index (χ3v) is 3.22. The molecular weight excluding hydrogens is 244 g/mol. The molecule has 0 atom stereocenters. The third-order valence-electron chi connectivity index (χ3n) is 3.22. The Bertz CT molecular complexity index is 448. The fraction of sp³-hybridized carbons (Fsp3) is 0.533. The molecule has 0 saturated carbocycles. The topological polar surface area (TPSA) is 44.8 Å². The standard InChI is InChI=1S/C15H20O4/c1-5-17-13(16)10-15(14(2,3)4)18-11-8-6-7-9-12(11)19-15/h6-9H,5,10H2,1-4H3. The van der Waals surface area contributed by atoms with Gasteiger partial charge in [0, 0.05) is 5.41 Å². The van der Waals surface area contributed by atoms with Crippen LogP contribution in [0.1, 0.15) is 34.1 Å². The molecule has 2 rings (SSSR count). The molecule has 4 nitrogen and oxygen atoms in total. The highest BCUT2D eigenvalue weighted by Crippen LogP contribution is 2.48. The minimum Gasteiger partial charge on any atom is -0.466 e. The minimum atomic E-state index is -1.01. The summed E-state index contributed by atoms with van der Waals surface area (Å²) in [5.74, 6) is 0.0110. The molecule has 0 aromatic heterocycles. The molecule has 19 heavy (non-hydrogen) atoms. The first-order valence-electron chi connectivity index (χ1n) is 6.50. The molecule has 0 radical (unpaired) electrons. The molecule has 0 aliphatic carbocycles. The maximum atomic E-state index is 11.8. The van der Waals surface area contributed by atoms with Gasteiger partial charge in [0.05, 0.1) is 6.61 Å². The Labute approximate surface area is 113 Å². The number of carbonyl (C=O) groups excluding carboxylic acids is 1. The molecule has 1 heterocycles. The van der Waals surface area contributed by atoms with E-state index in [0.717, 1.165) is 0 Å². The summed E-state index contributed by atoms with van der Waals surface area (Å²) in [5, 5.41) is 0. The highest BCUT2D eigenvalue weighted by atomic mass is 16.7. The summed E-state index contributed by atoms with van der Waals surface area (Å²) < 4.78 is 16.9. The number of hydrogen-bond donors (Lipinski definition) is 0. The van der Waals surface area contributed by atoms with Crippen LogP contribution in [0.4, 0.5) is 0 Å². The van der Waals surface area contributed by atoms with Crippen molar-refractivity contribution in [3.05, 3.63) is 24.3 Å². The molecule has 0 N–H and O–H groups in total. The Morgan fingerprint density at radius 1 is 1.21 bits per heavy atom. The number of para-hydroxylation sites is 2. The normalized spacial score (nSPS) is 16.2. The van der Waals surface area contributed by atoms with Gasteiger partial charge in [-0.25, -0.2) is 0 Å². The summed E-state index contributed by atoms with van der Waals surface area (Å²) >= 11 is 0. The van der Waals surface area contributed by atoms with E-state index in [2.05, 4.69) is 0 Å². The van der Waals surface area contributed by atoms with Crippen molar-refractivity contribution in [1.82, 2.24) is 0 Å². The van der Waals surface area contributed by atoms with Crippen molar-refractivity contribution in [3.63, 3.8) is 0 Å². The van der Waals surface area contributed by atoms with Crippen LogP contribution < -0.4 is 9.47 Å². The average Bonchev–Trinajstić information content (AvgIpc) is 2.67. The molecule has 0 saturated heterocycles. The second-order valence-corrected chi connectivity index (χ2v) is 5.64. The molecular formula is C15H20O4.